The number of nitro groups is 1. The maximum absolute atomic E-state index is 12.0. The van der Waals surface area contributed by atoms with Gasteiger partial charge in [0.05, 0.1) is 7.05 Å². The fraction of sp³-hybridized carbons (Fsp3) is 0.583. The standard InChI is InChI=1S/C12H20N4O3/c1-4-12(13,5-2)8-14-11(17)9-6-7-10(15(9)3)16(18)19/h6-7H,4-5,8,13H2,1-3H3,(H,14,17). The van der Waals surface area contributed by atoms with Gasteiger partial charge >= 0.3 is 5.82 Å². The molecular formula is C12H20N4O3. The summed E-state index contributed by atoms with van der Waals surface area (Å²) >= 11 is 0. The SMILES string of the molecule is CCC(N)(CC)CNC(=O)c1ccc([N+](=O)[O-])n1C. The highest BCUT2D eigenvalue weighted by molar-refractivity contribution is 5.93. The van der Waals surface area contributed by atoms with Crippen LogP contribution in [0.5, 0.6) is 0 Å². The molecular weight excluding hydrogens is 248 g/mol. The Morgan fingerprint density at radius 3 is 2.47 bits per heavy atom. The van der Waals surface area contributed by atoms with Crippen molar-refractivity contribution in [2.75, 3.05) is 6.54 Å². The minimum atomic E-state index is -0.526. The second-order valence-electron chi connectivity index (χ2n) is 4.65. The van der Waals surface area contributed by atoms with E-state index in [-0.39, 0.29) is 17.4 Å². The van der Waals surface area contributed by atoms with E-state index < -0.39 is 10.5 Å². The molecule has 19 heavy (non-hydrogen) atoms. The molecule has 3 N–H and O–H groups in total. The molecule has 0 atom stereocenters. The van der Waals surface area contributed by atoms with E-state index in [1.54, 1.807) is 0 Å². The number of nitrogens with two attached hydrogens (primary N) is 1. The molecule has 0 aliphatic carbocycles. The van der Waals surface area contributed by atoms with Crippen LogP contribution in [0.3, 0.4) is 0 Å². The van der Waals surface area contributed by atoms with Gasteiger partial charge in [-0.05, 0) is 23.8 Å². The fourth-order valence-electron chi connectivity index (χ4n) is 1.76. The van der Waals surface area contributed by atoms with Crippen LogP contribution >= 0.6 is 0 Å². The summed E-state index contributed by atoms with van der Waals surface area (Å²) in [5.41, 5.74) is 5.90. The number of carbonyl (C=O) groups excluding carboxylic acids is 1. The number of carbonyl (C=O) groups is 1. The summed E-state index contributed by atoms with van der Waals surface area (Å²) < 4.78 is 1.26. The van der Waals surface area contributed by atoms with Gasteiger partial charge in [-0.15, -0.1) is 0 Å². The van der Waals surface area contributed by atoms with Gasteiger partial charge in [-0.1, -0.05) is 13.8 Å². The summed E-state index contributed by atoms with van der Waals surface area (Å²) in [5.74, 6) is -0.470. The van der Waals surface area contributed by atoms with Crippen LogP contribution in [0.15, 0.2) is 12.1 Å². The Hall–Kier alpha value is -1.89. The van der Waals surface area contributed by atoms with Crippen LogP contribution in [0, 0.1) is 10.1 Å². The van der Waals surface area contributed by atoms with Gasteiger partial charge in [0.25, 0.3) is 5.91 Å². The smallest absolute Gasteiger partial charge is 0.323 e. The van der Waals surface area contributed by atoms with Gasteiger partial charge in [0.2, 0.25) is 0 Å². The average molecular weight is 268 g/mol. The van der Waals surface area contributed by atoms with E-state index >= 15 is 0 Å². The van der Waals surface area contributed by atoms with Gasteiger partial charge < -0.3 is 21.2 Å². The zero-order valence-corrected chi connectivity index (χ0v) is 11.5. The predicted molar refractivity (Wildman–Crippen MR) is 71.9 cm³/mol. The lowest BCUT2D eigenvalue weighted by Crippen LogP contribution is -2.49. The lowest BCUT2D eigenvalue weighted by molar-refractivity contribution is -0.391. The van der Waals surface area contributed by atoms with E-state index in [0.717, 1.165) is 12.8 Å². The molecule has 1 heterocycles. The van der Waals surface area contributed by atoms with Gasteiger partial charge in [0.1, 0.15) is 0 Å². The normalized spacial score (nSPS) is 11.4. The van der Waals surface area contributed by atoms with Crippen LogP contribution in [0.4, 0.5) is 5.82 Å². The summed E-state index contributed by atoms with van der Waals surface area (Å²) in [6.45, 7) is 4.27. The van der Waals surface area contributed by atoms with Gasteiger partial charge in [0, 0.05) is 18.2 Å². The Morgan fingerprint density at radius 1 is 1.47 bits per heavy atom. The fourth-order valence-corrected chi connectivity index (χ4v) is 1.76. The van der Waals surface area contributed by atoms with E-state index in [2.05, 4.69) is 5.32 Å². The van der Waals surface area contributed by atoms with Crippen molar-refractivity contribution < 1.29 is 9.72 Å². The molecule has 0 aromatic carbocycles. The van der Waals surface area contributed by atoms with Gasteiger partial charge in [-0.2, -0.15) is 0 Å². The van der Waals surface area contributed by atoms with Crippen molar-refractivity contribution in [1.29, 1.82) is 0 Å². The van der Waals surface area contributed by atoms with Crippen LogP contribution in [-0.2, 0) is 7.05 Å². The van der Waals surface area contributed by atoms with Crippen molar-refractivity contribution in [2.45, 2.75) is 32.2 Å². The zero-order chi connectivity index (χ0) is 14.6. The van der Waals surface area contributed by atoms with Crippen molar-refractivity contribution in [1.82, 2.24) is 9.88 Å². The predicted octanol–water partition coefficient (Wildman–Crippen LogP) is 1.18. The maximum atomic E-state index is 12.0. The third-order valence-corrected chi connectivity index (χ3v) is 3.52. The molecule has 0 fully saturated rings. The minimum absolute atomic E-state index is 0.116. The second-order valence-corrected chi connectivity index (χ2v) is 4.65. The molecule has 0 aliphatic heterocycles. The number of nitrogens with zero attached hydrogens (tertiary/aromatic N) is 2. The lowest BCUT2D eigenvalue weighted by Gasteiger charge is -2.26. The van der Waals surface area contributed by atoms with Gasteiger partial charge in [0.15, 0.2) is 5.69 Å². The summed E-state index contributed by atoms with van der Waals surface area (Å²) in [6, 6.07) is 2.74. The number of hydrogen-bond donors (Lipinski definition) is 2. The first-order valence-corrected chi connectivity index (χ1v) is 6.22. The Bertz CT molecular complexity index is 477. The molecule has 106 valence electrons. The molecule has 0 aliphatic rings. The highest BCUT2D eigenvalue weighted by Crippen LogP contribution is 2.15. The van der Waals surface area contributed by atoms with Crippen LogP contribution in [0.2, 0.25) is 0 Å². The van der Waals surface area contributed by atoms with Crippen LogP contribution < -0.4 is 11.1 Å². The Kier molecular flexibility index (Phi) is 4.66. The molecule has 7 nitrogen and oxygen atoms in total. The van der Waals surface area contributed by atoms with Gasteiger partial charge in [-0.3, -0.25) is 4.79 Å². The first kappa shape index (κ1) is 15.2. The topological polar surface area (TPSA) is 103 Å². The molecule has 0 spiro atoms. The molecule has 1 rings (SSSR count). The molecule has 0 unspecified atom stereocenters. The van der Waals surface area contributed by atoms with Crippen LogP contribution in [0.1, 0.15) is 37.2 Å². The lowest BCUT2D eigenvalue weighted by atomic mass is 9.94. The molecule has 0 bridgehead atoms. The minimum Gasteiger partial charge on any atom is -0.358 e. The van der Waals surface area contributed by atoms with Crippen molar-refractivity contribution in [2.24, 2.45) is 12.8 Å². The number of amides is 1. The Morgan fingerprint density at radius 2 is 2.05 bits per heavy atom. The number of aromatic nitrogens is 1. The highest BCUT2D eigenvalue weighted by atomic mass is 16.6. The molecule has 1 aromatic heterocycles. The van der Waals surface area contributed by atoms with Crippen molar-refractivity contribution in [3.05, 3.63) is 27.9 Å². The van der Waals surface area contributed by atoms with Crippen LogP contribution in [0.25, 0.3) is 0 Å². The third-order valence-electron chi connectivity index (χ3n) is 3.52. The first-order chi connectivity index (χ1) is 8.84. The van der Waals surface area contributed by atoms with E-state index in [1.807, 2.05) is 13.8 Å². The van der Waals surface area contributed by atoms with Crippen molar-refractivity contribution in [3.8, 4) is 0 Å². The molecule has 1 aromatic rings. The van der Waals surface area contributed by atoms with Crippen molar-refractivity contribution >= 4 is 11.7 Å². The Balaban J connectivity index is 2.77. The number of rotatable bonds is 6. The quantitative estimate of drug-likeness (QED) is 0.597. The van der Waals surface area contributed by atoms with Crippen LogP contribution in [-0.4, -0.2) is 27.5 Å². The summed E-state index contributed by atoms with van der Waals surface area (Å²) in [5, 5.41) is 13.4. The monoisotopic (exact) mass is 268 g/mol. The molecule has 7 heteroatoms. The highest BCUT2D eigenvalue weighted by Gasteiger charge is 2.24. The summed E-state index contributed by atoms with van der Waals surface area (Å²) in [4.78, 5) is 22.1. The molecule has 0 saturated carbocycles. The second kappa shape index (κ2) is 5.83. The first-order valence-electron chi connectivity index (χ1n) is 6.22. The van der Waals surface area contributed by atoms with E-state index in [1.165, 1.54) is 23.7 Å². The van der Waals surface area contributed by atoms with E-state index in [0.29, 0.717) is 6.54 Å². The molecule has 0 saturated heterocycles. The molecule has 1 amide bonds. The number of nitrogens with one attached hydrogen (secondary N) is 1. The van der Waals surface area contributed by atoms with E-state index in [4.69, 9.17) is 5.73 Å². The van der Waals surface area contributed by atoms with Gasteiger partial charge in [-0.25, -0.2) is 4.57 Å². The molecule has 0 radical (unpaired) electrons. The zero-order valence-electron chi connectivity index (χ0n) is 11.5. The average Bonchev–Trinajstić information content (AvgIpc) is 2.77. The summed E-state index contributed by atoms with van der Waals surface area (Å²) in [6.07, 6.45) is 1.49. The summed E-state index contributed by atoms with van der Waals surface area (Å²) in [7, 11) is 1.49. The third kappa shape index (κ3) is 3.31. The Labute approximate surface area is 111 Å². The van der Waals surface area contributed by atoms with Crippen molar-refractivity contribution in [3.63, 3.8) is 0 Å². The van der Waals surface area contributed by atoms with E-state index in [9.17, 15) is 14.9 Å². The number of hydrogen-bond acceptors (Lipinski definition) is 4. The largest absolute Gasteiger partial charge is 0.358 e. The maximum Gasteiger partial charge on any atom is 0.323 e.